The van der Waals surface area contributed by atoms with E-state index in [4.69, 9.17) is 23.2 Å². The number of nitrogens with one attached hydrogen (secondary N) is 1. The van der Waals surface area contributed by atoms with Gasteiger partial charge in [0.2, 0.25) is 21.8 Å². The van der Waals surface area contributed by atoms with Crippen molar-refractivity contribution in [2.45, 2.75) is 39.3 Å². The lowest BCUT2D eigenvalue weighted by atomic mass is 10.0. The summed E-state index contributed by atoms with van der Waals surface area (Å²) >= 11 is 12.5. The number of rotatable bonds is 12. The van der Waals surface area contributed by atoms with Gasteiger partial charge in [-0.05, 0) is 36.6 Å². The Balaban J connectivity index is 2.07. The van der Waals surface area contributed by atoms with Gasteiger partial charge in [0.05, 0.1) is 22.0 Å². The van der Waals surface area contributed by atoms with Crippen LogP contribution in [0.15, 0.2) is 72.8 Å². The van der Waals surface area contributed by atoms with Crippen molar-refractivity contribution in [1.29, 1.82) is 0 Å². The third kappa shape index (κ3) is 8.46. The lowest BCUT2D eigenvalue weighted by Crippen LogP contribution is -2.53. The standard InChI is InChI=1S/C29H33Cl2N3O4S/c1-4-16-32-29(36)26(18-22-11-6-5-7-12-22)33(19-23-13-8-10-21(2)17-23)27(35)20-34(39(3,37)38)25-15-9-14-24(30)28(25)31/h5-15,17,26H,4,16,18-20H2,1-3H3,(H,32,36)/t26-/m1/s1. The first-order valence-electron chi connectivity index (χ1n) is 12.6. The van der Waals surface area contributed by atoms with Gasteiger partial charge in [0.15, 0.2) is 0 Å². The van der Waals surface area contributed by atoms with Gasteiger partial charge in [-0.25, -0.2) is 8.42 Å². The number of sulfonamides is 1. The summed E-state index contributed by atoms with van der Waals surface area (Å²) in [5.41, 5.74) is 2.77. The molecule has 7 nitrogen and oxygen atoms in total. The SMILES string of the molecule is CCCNC(=O)[C@@H](Cc1ccccc1)N(Cc1cccc(C)c1)C(=O)CN(c1cccc(Cl)c1Cl)S(C)(=O)=O. The Morgan fingerprint density at radius 3 is 2.26 bits per heavy atom. The molecular formula is C29H33Cl2N3O4S. The number of aryl methyl sites for hydroxylation is 1. The number of hydrogen-bond donors (Lipinski definition) is 1. The number of carbonyl (C=O) groups excluding carboxylic acids is 2. The Morgan fingerprint density at radius 1 is 0.949 bits per heavy atom. The minimum absolute atomic E-state index is 0.0177. The zero-order valence-electron chi connectivity index (χ0n) is 22.2. The normalized spacial score (nSPS) is 12.0. The minimum Gasteiger partial charge on any atom is -0.354 e. The van der Waals surface area contributed by atoms with E-state index < -0.39 is 28.5 Å². The molecule has 0 aliphatic heterocycles. The van der Waals surface area contributed by atoms with Crippen molar-refractivity contribution < 1.29 is 18.0 Å². The maximum absolute atomic E-state index is 14.0. The average molecular weight is 591 g/mol. The Kier molecular flexibility index (Phi) is 10.8. The summed E-state index contributed by atoms with van der Waals surface area (Å²) in [6, 6.07) is 20.7. The van der Waals surface area contributed by atoms with Gasteiger partial charge in [0.25, 0.3) is 0 Å². The largest absolute Gasteiger partial charge is 0.354 e. The van der Waals surface area contributed by atoms with E-state index in [1.54, 1.807) is 6.07 Å². The third-order valence-electron chi connectivity index (χ3n) is 6.13. The number of anilines is 1. The highest BCUT2D eigenvalue weighted by Crippen LogP contribution is 2.33. The molecule has 208 valence electrons. The highest BCUT2D eigenvalue weighted by molar-refractivity contribution is 7.92. The number of hydrogen-bond acceptors (Lipinski definition) is 4. The van der Waals surface area contributed by atoms with Gasteiger partial charge in [0, 0.05) is 19.5 Å². The monoisotopic (exact) mass is 589 g/mol. The summed E-state index contributed by atoms with van der Waals surface area (Å²) in [5, 5.41) is 3.09. The van der Waals surface area contributed by atoms with Gasteiger partial charge in [-0.3, -0.25) is 13.9 Å². The van der Waals surface area contributed by atoms with E-state index in [2.05, 4.69) is 5.32 Å². The van der Waals surface area contributed by atoms with E-state index >= 15 is 0 Å². The quantitative estimate of drug-likeness (QED) is 0.313. The molecule has 0 aliphatic rings. The van der Waals surface area contributed by atoms with Crippen LogP contribution in [0.25, 0.3) is 0 Å². The lowest BCUT2D eigenvalue weighted by molar-refractivity contribution is -0.140. The van der Waals surface area contributed by atoms with E-state index in [0.29, 0.717) is 6.54 Å². The second kappa shape index (κ2) is 13.8. The van der Waals surface area contributed by atoms with E-state index in [1.165, 1.54) is 17.0 Å². The van der Waals surface area contributed by atoms with Crippen LogP contribution in [0.4, 0.5) is 5.69 Å². The fraction of sp³-hybridized carbons (Fsp3) is 0.310. The molecule has 3 rings (SSSR count). The molecule has 0 spiro atoms. The van der Waals surface area contributed by atoms with E-state index in [-0.39, 0.29) is 34.6 Å². The Hall–Kier alpha value is -3.07. The number of carbonyl (C=O) groups is 2. The molecule has 0 radical (unpaired) electrons. The highest BCUT2D eigenvalue weighted by Gasteiger charge is 2.33. The molecule has 0 heterocycles. The van der Waals surface area contributed by atoms with Gasteiger partial charge < -0.3 is 10.2 Å². The number of amides is 2. The summed E-state index contributed by atoms with van der Waals surface area (Å²) in [7, 11) is -3.94. The van der Waals surface area contributed by atoms with Crippen molar-refractivity contribution in [3.05, 3.63) is 99.5 Å². The number of benzene rings is 3. The van der Waals surface area contributed by atoms with Crippen LogP contribution in [-0.2, 0) is 32.6 Å². The summed E-state index contributed by atoms with van der Waals surface area (Å²) in [6.07, 6.45) is 1.98. The predicted molar refractivity (Wildman–Crippen MR) is 158 cm³/mol. The first-order chi connectivity index (χ1) is 18.5. The van der Waals surface area contributed by atoms with Crippen molar-refractivity contribution >= 4 is 50.7 Å². The highest BCUT2D eigenvalue weighted by atomic mass is 35.5. The molecule has 0 aliphatic carbocycles. The van der Waals surface area contributed by atoms with Crippen LogP contribution in [0.1, 0.15) is 30.0 Å². The third-order valence-corrected chi connectivity index (χ3v) is 8.07. The molecule has 0 fully saturated rings. The minimum atomic E-state index is -3.94. The van der Waals surface area contributed by atoms with Crippen LogP contribution in [0.3, 0.4) is 0 Å². The molecule has 10 heteroatoms. The molecule has 3 aromatic rings. The zero-order valence-corrected chi connectivity index (χ0v) is 24.6. The summed E-state index contributed by atoms with van der Waals surface area (Å²) in [6.45, 7) is 3.89. The van der Waals surface area contributed by atoms with Crippen molar-refractivity contribution in [3.8, 4) is 0 Å². The fourth-order valence-corrected chi connectivity index (χ4v) is 5.51. The van der Waals surface area contributed by atoms with Crippen LogP contribution in [0.2, 0.25) is 10.0 Å². The maximum Gasteiger partial charge on any atom is 0.244 e. The smallest absolute Gasteiger partial charge is 0.244 e. The topological polar surface area (TPSA) is 86.8 Å². The van der Waals surface area contributed by atoms with Crippen LogP contribution >= 0.6 is 23.2 Å². The Morgan fingerprint density at radius 2 is 1.62 bits per heavy atom. The second-order valence-electron chi connectivity index (χ2n) is 9.35. The van der Waals surface area contributed by atoms with E-state index in [1.807, 2.05) is 68.4 Å². The summed E-state index contributed by atoms with van der Waals surface area (Å²) in [4.78, 5) is 29.0. The zero-order chi connectivity index (χ0) is 28.6. The first-order valence-corrected chi connectivity index (χ1v) is 15.2. The Labute approximate surface area is 240 Å². The van der Waals surface area contributed by atoms with Gasteiger partial charge in [-0.1, -0.05) is 96.4 Å². The second-order valence-corrected chi connectivity index (χ2v) is 12.0. The van der Waals surface area contributed by atoms with Crippen molar-refractivity contribution in [2.24, 2.45) is 0 Å². The van der Waals surface area contributed by atoms with Crippen molar-refractivity contribution in [2.75, 3.05) is 23.7 Å². The van der Waals surface area contributed by atoms with Gasteiger partial charge in [-0.15, -0.1) is 0 Å². The molecule has 39 heavy (non-hydrogen) atoms. The fourth-order valence-electron chi connectivity index (χ4n) is 4.21. The molecular weight excluding hydrogens is 557 g/mol. The van der Waals surface area contributed by atoms with Crippen molar-refractivity contribution in [1.82, 2.24) is 10.2 Å². The van der Waals surface area contributed by atoms with Crippen molar-refractivity contribution in [3.63, 3.8) is 0 Å². The van der Waals surface area contributed by atoms with E-state index in [0.717, 1.165) is 33.7 Å². The van der Waals surface area contributed by atoms with Crippen LogP contribution in [0, 0.1) is 6.92 Å². The molecule has 3 aromatic carbocycles. The average Bonchev–Trinajstić information content (AvgIpc) is 2.89. The molecule has 0 saturated heterocycles. The van der Waals surface area contributed by atoms with Crippen LogP contribution in [-0.4, -0.2) is 50.5 Å². The molecule has 0 bridgehead atoms. The van der Waals surface area contributed by atoms with Gasteiger partial charge >= 0.3 is 0 Å². The van der Waals surface area contributed by atoms with E-state index in [9.17, 15) is 18.0 Å². The molecule has 2 amide bonds. The lowest BCUT2D eigenvalue weighted by Gasteiger charge is -2.33. The van der Waals surface area contributed by atoms with Crippen LogP contribution in [0.5, 0.6) is 0 Å². The molecule has 1 atom stereocenters. The first kappa shape index (κ1) is 30.5. The molecule has 1 N–H and O–H groups in total. The summed E-state index contributed by atoms with van der Waals surface area (Å²) < 4.78 is 26.7. The molecule has 0 aromatic heterocycles. The Bertz CT molecular complexity index is 1400. The van der Waals surface area contributed by atoms with Gasteiger partial charge in [-0.2, -0.15) is 0 Å². The maximum atomic E-state index is 14.0. The predicted octanol–water partition coefficient (Wildman–Crippen LogP) is 5.23. The number of nitrogens with zero attached hydrogens (tertiary/aromatic N) is 2. The van der Waals surface area contributed by atoms with Crippen LogP contribution < -0.4 is 9.62 Å². The van der Waals surface area contributed by atoms with Gasteiger partial charge in [0.1, 0.15) is 12.6 Å². The molecule has 0 unspecified atom stereocenters. The number of halogens is 2. The summed E-state index contributed by atoms with van der Waals surface area (Å²) in [5.74, 6) is -0.862. The molecule has 0 saturated carbocycles.